The first-order valence-corrected chi connectivity index (χ1v) is 15.3. The number of carbonyl (C=O) groups excluding carboxylic acids is 4. The van der Waals surface area contributed by atoms with Crippen molar-refractivity contribution in [1.82, 2.24) is 14.8 Å². The van der Waals surface area contributed by atoms with Crippen molar-refractivity contribution in [3.05, 3.63) is 35.5 Å². The molecule has 1 saturated heterocycles. The molecule has 1 fully saturated rings. The molecule has 2 atom stereocenters. The van der Waals surface area contributed by atoms with E-state index in [0.717, 1.165) is 4.90 Å². The fourth-order valence-corrected chi connectivity index (χ4v) is 5.32. The number of nitrogens with two attached hydrogens (primary N) is 1. The summed E-state index contributed by atoms with van der Waals surface area (Å²) in [6.45, 7) is -0.184. The SMILES string of the molecule is COc1cc2c(cc1OCCC(=O)Nc1ccc(C(=O)NCCC(=N)N)n1C)N(C(=O)OCC(Cl)(Cl)Cl)[C@@H](O)[C@@H]1CCCN1C2=O. The average molecular weight is 703 g/mol. The first kappa shape index (κ1) is 34.9. The van der Waals surface area contributed by atoms with Gasteiger partial charge in [0, 0.05) is 32.6 Å². The van der Waals surface area contributed by atoms with E-state index in [2.05, 4.69) is 10.6 Å². The number of aliphatic hydroxyl groups excluding tert-OH is 1. The minimum absolute atomic E-state index is 0.0145. The van der Waals surface area contributed by atoms with Crippen LogP contribution in [0.25, 0.3) is 0 Å². The highest BCUT2D eigenvalue weighted by Gasteiger charge is 2.45. The molecule has 250 valence electrons. The highest BCUT2D eigenvalue weighted by atomic mass is 35.6. The number of carbonyl (C=O) groups is 4. The van der Waals surface area contributed by atoms with E-state index in [-0.39, 0.29) is 54.6 Å². The fraction of sp³-hybridized carbons (Fsp3) is 0.464. The molecule has 2 aliphatic rings. The Balaban J connectivity index is 1.49. The van der Waals surface area contributed by atoms with Crippen LogP contribution in [-0.2, 0) is 16.6 Å². The van der Waals surface area contributed by atoms with Gasteiger partial charge in [0.05, 0.1) is 43.3 Å². The number of rotatable bonds is 11. The maximum Gasteiger partial charge on any atom is 0.416 e. The Bertz CT molecular complexity index is 1510. The molecular weight excluding hydrogens is 669 g/mol. The first-order valence-electron chi connectivity index (χ1n) is 14.1. The third-order valence-electron chi connectivity index (χ3n) is 7.39. The summed E-state index contributed by atoms with van der Waals surface area (Å²) in [5, 5.41) is 23.9. The zero-order chi connectivity index (χ0) is 33.8. The normalized spacial score (nSPS) is 17.5. The van der Waals surface area contributed by atoms with Crippen LogP contribution in [0.1, 0.15) is 46.5 Å². The maximum atomic E-state index is 13.5. The molecule has 46 heavy (non-hydrogen) atoms. The van der Waals surface area contributed by atoms with Crippen LogP contribution in [-0.4, -0.2) is 93.7 Å². The Labute approximate surface area is 279 Å². The van der Waals surface area contributed by atoms with Crippen LogP contribution in [0.2, 0.25) is 0 Å². The zero-order valence-electron chi connectivity index (χ0n) is 25.0. The number of methoxy groups -OCH3 is 1. The molecule has 1 aromatic heterocycles. The van der Waals surface area contributed by atoms with E-state index in [1.807, 2.05) is 0 Å². The van der Waals surface area contributed by atoms with E-state index in [9.17, 15) is 24.3 Å². The Morgan fingerprint density at radius 1 is 1.17 bits per heavy atom. The number of nitrogens with zero attached hydrogens (tertiary/aromatic N) is 3. The standard InChI is InChI=1S/C28H34Cl3N7O8/c1-36-16(24(40)34-9-7-21(32)33)5-6-22(36)35-23(39)8-11-45-20-13-18-15(12-19(20)44-2)25(41)37-10-3-4-17(37)26(42)38(18)27(43)46-14-28(29,30)31/h5-6,12-13,17,26,42H,3-4,7-11,14H2,1-2H3,(H3,32,33)(H,34,40)(H,35,39)/t17-,26-/m0/s1. The predicted molar refractivity (Wildman–Crippen MR) is 170 cm³/mol. The minimum Gasteiger partial charge on any atom is -0.493 e. The molecule has 0 bridgehead atoms. The maximum absolute atomic E-state index is 13.5. The number of aromatic nitrogens is 1. The van der Waals surface area contributed by atoms with Gasteiger partial charge >= 0.3 is 6.09 Å². The van der Waals surface area contributed by atoms with Gasteiger partial charge in [-0.25, -0.2) is 9.69 Å². The van der Waals surface area contributed by atoms with Crippen LogP contribution < -0.4 is 30.7 Å². The van der Waals surface area contributed by atoms with Gasteiger partial charge in [-0.1, -0.05) is 34.8 Å². The van der Waals surface area contributed by atoms with Crippen LogP contribution in [0.15, 0.2) is 24.3 Å². The van der Waals surface area contributed by atoms with Gasteiger partial charge in [0.1, 0.15) is 18.1 Å². The van der Waals surface area contributed by atoms with E-state index < -0.39 is 46.5 Å². The number of fused-ring (bicyclic) bond motifs is 2. The number of hydrogen-bond donors (Lipinski definition) is 5. The number of amides is 4. The summed E-state index contributed by atoms with van der Waals surface area (Å²) in [4.78, 5) is 54.3. The molecule has 3 heterocycles. The smallest absolute Gasteiger partial charge is 0.416 e. The highest BCUT2D eigenvalue weighted by Crippen LogP contribution is 2.41. The largest absolute Gasteiger partial charge is 0.493 e. The second-order valence-electron chi connectivity index (χ2n) is 10.5. The Kier molecular flexibility index (Phi) is 11.1. The van der Waals surface area contributed by atoms with Crippen molar-refractivity contribution >= 4 is 76.0 Å². The van der Waals surface area contributed by atoms with Crippen molar-refractivity contribution < 1.29 is 38.5 Å². The minimum atomic E-state index is -1.91. The number of hydrogen-bond acceptors (Lipinski definition) is 9. The number of ether oxygens (including phenoxy) is 3. The topological polar surface area (TPSA) is 202 Å². The van der Waals surface area contributed by atoms with E-state index in [1.54, 1.807) is 19.2 Å². The van der Waals surface area contributed by atoms with Gasteiger partial charge in [-0.3, -0.25) is 19.8 Å². The summed E-state index contributed by atoms with van der Waals surface area (Å²) in [5.74, 6) is -0.697. The molecule has 0 radical (unpaired) electrons. The Morgan fingerprint density at radius 2 is 1.91 bits per heavy atom. The first-order chi connectivity index (χ1) is 21.7. The monoisotopic (exact) mass is 701 g/mol. The lowest BCUT2D eigenvalue weighted by Crippen LogP contribution is -2.51. The number of anilines is 2. The lowest BCUT2D eigenvalue weighted by Gasteiger charge is -2.32. The third-order valence-corrected chi connectivity index (χ3v) is 7.71. The van der Waals surface area contributed by atoms with E-state index in [0.29, 0.717) is 30.9 Å². The summed E-state index contributed by atoms with van der Waals surface area (Å²) >= 11 is 17.3. The van der Waals surface area contributed by atoms with Gasteiger partial charge < -0.3 is 45.2 Å². The molecule has 0 aliphatic carbocycles. The lowest BCUT2D eigenvalue weighted by molar-refractivity contribution is -0.116. The molecule has 18 heteroatoms. The molecule has 2 aromatic rings. The highest BCUT2D eigenvalue weighted by molar-refractivity contribution is 6.67. The number of aliphatic hydroxyl groups is 1. The van der Waals surface area contributed by atoms with Gasteiger partial charge in [0.2, 0.25) is 9.70 Å². The number of amidine groups is 1. The van der Waals surface area contributed by atoms with Crippen LogP contribution >= 0.6 is 34.8 Å². The number of nitrogens with one attached hydrogen (secondary N) is 3. The second kappa shape index (κ2) is 14.7. The molecule has 15 nitrogen and oxygen atoms in total. The number of alkyl halides is 3. The van der Waals surface area contributed by atoms with Crippen LogP contribution in [0.5, 0.6) is 11.5 Å². The van der Waals surface area contributed by atoms with E-state index >= 15 is 0 Å². The lowest BCUT2D eigenvalue weighted by atomic mass is 10.1. The molecule has 1 aromatic carbocycles. The van der Waals surface area contributed by atoms with E-state index in [1.165, 1.54) is 28.7 Å². The van der Waals surface area contributed by atoms with Gasteiger partial charge in [0.15, 0.2) is 17.7 Å². The Hall–Kier alpha value is -3.92. The Morgan fingerprint density at radius 3 is 2.59 bits per heavy atom. The van der Waals surface area contributed by atoms with Crippen molar-refractivity contribution in [1.29, 1.82) is 5.41 Å². The van der Waals surface area contributed by atoms with Crippen molar-refractivity contribution in [2.24, 2.45) is 12.8 Å². The average Bonchev–Trinajstić information content (AvgIpc) is 3.60. The van der Waals surface area contributed by atoms with Crippen molar-refractivity contribution in [3.8, 4) is 11.5 Å². The summed E-state index contributed by atoms with van der Waals surface area (Å²) in [6.07, 6.45) is -1.38. The fourth-order valence-electron chi connectivity index (χ4n) is 5.16. The van der Waals surface area contributed by atoms with Crippen molar-refractivity contribution in [2.45, 2.75) is 41.7 Å². The molecule has 0 saturated carbocycles. The molecular formula is C28H34Cl3N7O8. The molecule has 4 rings (SSSR count). The molecule has 6 N–H and O–H groups in total. The molecule has 2 aliphatic heterocycles. The van der Waals surface area contributed by atoms with Gasteiger partial charge in [-0.15, -0.1) is 0 Å². The van der Waals surface area contributed by atoms with Crippen molar-refractivity contribution in [2.75, 3.05) is 43.6 Å². The molecule has 4 amide bonds. The summed E-state index contributed by atoms with van der Waals surface area (Å²) in [7, 11) is 2.98. The third kappa shape index (κ3) is 8.07. The predicted octanol–water partition coefficient (Wildman–Crippen LogP) is 2.75. The summed E-state index contributed by atoms with van der Waals surface area (Å²) in [6, 6.07) is 5.14. The number of benzene rings is 1. The molecule has 0 unspecified atom stereocenters. The van der Waals surface area contributed by atoms with Gasteiger partial charge in [-0.05, 0) is 31.0 Å². The molecule has 0 spiro atoms. The summed E-state index contributed by atoms with van der Waals surface area (Å²) < 4.78 is 16.1. The van der Waals surface area contributed by atoms with Crippen LogP contribution in [0.4, 0.5) is 16.3 Å². The number of halogens is 3. The zero-order valence-corrected chi connectivity index (χ0v) is 27.2. The van der Waals surface area contributed by atoms with E-state index in [4.69, 9.17) is 60.2 Å². The summed E-state index contributed by atoms with van der Waals surface area (Å²) in [5.41, 5.74) is 5.64. The van der Waals surface area contributed by atoms with Gasteiger partial charge in [0.25, 0.3) is 11.8 Å². The van der Waals surface area contributed by atoms with Gasteiger partial charge in [-0.2, -0.15) is 0 Å². The quantitative estimate of drug-likeness (QED) is 0.133. The van der Waals surface area contributed by atoms with Crippen LogP contribution in [0.3, 0.4) is 0 Å². The van der Waals surface area contributed by atoms with Crippen molar-refractivity contribution in [3.63, 3.8) is 0 Å². The van der Waals surface area contributed by atoms with Crippen LogP contribution in [0, 0.1) is 5.41 Å². The second-order valence-corrected chi connectivity index (χ2v) is 13.0.